The van der Waals surface area contributed by atoms with Gasteiger partial charge in [0.2, 0.25) is 5.91 Å². The van der Waals surface area contributed by atoms with Gasteiger partial charge in [-0.1, -0.05) is 24.4 Å². The van der Waals surface area contributed by atoms with Crippen molar-refractivity contribution >= 4 is 23.1 Å². The number of ether oxygens (including phenoxy) is 1. The number of carbonyl (C=O) groups is 1. The minimum absolute atomic E-state index is 0.0111. The Morgan fingerprint density at radius 2 is 2.00 bits per heavy atom. The van der Waals surface area contributed by atoms with E-state index in [-0.39, 0.29) is 5.91 Å². The molecular formula is C12H16N2O2S. The molecule has 92 valence electrons. The fourth-order valence-electron chi connectivity index (χ4n) is 1.37. The topological polar surface area (TPSA) is 55.6 Å². The Bertz CT molecular complexity index is 403. The van der Waals surface area contributed by atoms with Gasteiger partial charge in [-0.25, -0.2) is 0 Å². The Labute approximate surface area is 106 Å². The zero-order valence-electron chi connectivity index (χ0n) is 9.97. The quantitative estimate of drug-likeness (QED) is 0.794. The van der Waals surface area contributed by atoms with Crippen LogP contribution >= 0.6 is 12.2 Å². The van der Waals surface area contributed by atoms with Crippen LogP contribution in [0.4, 0.5) is 0 Å². The molecule has 1 rings (SSSR count). The van der Waals surface area contributed by atoms with Crippen molar-refractivity contribution < 1.29 is 9.53 Å². The van der Waals surface area contributed by atoms with E-state index in [1.54, 1.807) is 14.2 Å². The van der Waals surface area contributed by atoms with Crippen molar-refractivity contribution in [2.75, 3.05) is 20.7 Å². The summed E-state index contributed by atoms with van der Waals surface area (Å²) in [6.07, 6.45) is 0.336. The summed E-state index contributed by atoms with van der Waals surface area (Å²) >= 11 is 4.76. The second-order valence-corrected chi connectivity index (χ2v) is 4.27. The number of amides is 1. The number of hydrogen-bond donors (Lipinski definition) is 1. The average molecular weight is 252 g/mol. The van der Waals surface area contributed by atoms with Gasteiger partial charge >= 0.3 is 0 Å². The van der Waals surface area contributed by atoms with E-state index in [0.717, 1.165) is 11.3 Å². The number of methoxy groups -OCH3 is 1. The van der Waals surface area contributed by atoms with Gasteiger partial charge in [0.25, 0.3) is 0 Å². The SMILES string of the molecule is COc1ccc(CC(=O)N(C)CC(N)=S)cc1. The predicted molar refractivity (Wildman–Crippen MR) is 71.1 cm³/mol. The maximum absolute atomic E-state index is 11.8. The lowest BCUT2D eigenvalue weighted by Crippen LogP contribution is -2.35. The van der Waals surface area contributed by atoms with Gasteiger partial charge < -0.3 is 15.4 Å². The van der Waals surface area contributed by atoms with Crippen LogP contribution in [0.25, 0.3) is 0 Å². The Balaban J connectivity index is 2.58. The van der Waals surface area contributed by atoms with Crippen LogP contribution in [-0.4, -0.2) is 36.5 Å². The van der Waals surface area contributed by atoms with E-state index >= 15 is 0 Å². The van der Waals surface area contributed by atoms with E-state index in [1.165, 1.54) is 4.90 Å². The molecule has 1 aromatic carbocycles. The Morgan fingerprint density at radius 1 is 1.41 bits per heavy atom. The molecule has 0 fully saturated rings. The molecule has 1 aromatic rings. The molecule has 5 heteroatoms. The van der Waals surface area contributed by atoms with Crippen LogP contribution in [0.1, 0.15) is 5.56 Å². The van der Waals surface area contributed by atoms with E-state index in [4.69, 9.17) is 22.7 Å². The van der Waals surface area contributed by atoms with Crippen LogP contribution in [0.2, 0.25) is 0 Å². The molecule has 17 heavy (non-hydrogen) atoms. The lowest BCUT2D eigenvalue weighted by Gasteiger charge is -2.16. The molecule has 0 aromatic heterocycles. The summed E-state index contributed by atoms with van der Waals surface area (Å²) in [6, 6.07) is 7.39. The summed E-state index contributed by atoms with van der Waals surface area (Å²) in [6.45, 7) is 0.310. The summed E-state index contributed by atoms with van der Waals surface area (Å²) in [5.74, 6) is 0.764. The van der Waals surface area contributed by atoms with E-state index in [1.807, 2.05) is 24.3 Å². The molecule has 0 radical (unpaired) electrons. The van der Waals surface area contributed by atoms with Crippen molar-refractivity contribution in [2.24, 2.45) is 5.73 Å². The minimum Gasteiger partial charge on any atom is -0.497 e. The zero-order chi connectivity index (χ0) is 12.8. The van der Waals surface area contributed by atoms with E-state index in [0.29, 0.717) is 18.0 Å². The van der Waals surface area contributed by atoms with Gasteiger partial charge in [-0.05, 0) is 17.7 Å². The molecule has 0 aliphatic carbocycles. The molecule has 0 unspecified atom stereocenters. The summed E-state index contributed by atoms with van der Waals surface area (Å²) < 4.78 is 5.05. The van der Waals surface area contributed by atoms with Crippen molar-refractivity contribution in [3.8, 4) is 5.75 Å². The maximum atomic E-state index is 11.8. The first kappa shape index (κ1) is 13.4. The first-order valence-corrected chi connectivity index (χ1v) is 5.59. The summed E-state index contributed by atoms with van der Waals surface area (Å²) in [5.41, 5.74) is 6.32. The fraction of sp³-hybridized carbons (Fsp3) is 0.333. The average Bonchev–Trinajstić information content (AvgIpc) is 2.29. The number of thiocarbonyl (C=S) groups is 1. The van der Waals surface area contributed by atoms with Gasteiger partial charge in [0.15, 0.2) is 0 Å². The molecule has 2 N–H and O–H groups in total. The Kier molecular flexibility index (Phi) is 4.90. The smallest absolute Gasteiger partial charge is 0.227 e. The van der Waals surface area contributed by atoms with Crippen LogP contribution < -0.4 is 10.5 Å². The third kappa shape index (κ3) is 4.40. The first-order valence-electron chi connectivity index (χ1n) is 5.18. The highest BCUT2D eigenvalue weighted by Gasteiger charge is 2.10. The number of carbonyl (C=O) groups excluding carboxylic acids is 1. The van der Waals surface area contributed by atoms with E-state index < -0.39 is 0 Å². The van der Waals surface area contributed by atoms with E-state index in [9.17, 15) is 4.79 Å². The molecule has 0 aliphatic rings. The molecule has 0 saturated carbocycles. The van der Waals surface area contributed by atoms with Crippen LogP contribution in [0.15, 0.2) is 24.3 Å². The van der Waals surface area contributed by atoms with Crippen LogP contribution in [0.3, 0.4) is 0 Å². The molecule has 0 saturated heterocycles. The summed E-state index contributed by atoms with van der Waals surface area (Å²) in [7, 11) is 3.29. The molecule has 1 amide bonds. The number of rotatable bonds is 5. The summed E-state index contributed by atoms with van der Waals surface area (Å²) in [4.78, 5) is 13.6. The third-order valence-corrected chi connectivity index (χ3v) is 2.46. The van der Waals surface area contributed by atoms with Crippen molar-refractivity contribution in [3.05, 3.63) is 29.8 Å². The van der Waals surface area contributed by atoms with Crippen molar-refractivity contribution in [1.82, 2.24) is 4.90 Å². The van der Waals surface area contributed by atoms with Gasteiger partial charge in [0.1, 0.15) is 5.75 Å². The van der Waals surface area contributed by atoms with Gasteiger partial charge in [0.05, 0.1) is 25.1 Å². The highest BCUT2D eigenvalue weighted by molar-refractivity contribution is 7.80. The van der Waals surface area contributed by atoms with Crippen molar-refractivity contribution in [3.63, 3.8) is 0 Å². The first-order chi connectivity index (χ1) is 8.02. The largest absolute Gasteiger partial charge is 0.497 e. The number of nitrogens with two attached hydrogens (primary N) is 1. The molecule has 4 nitrogen and oxygen atoms in total. The Hall–Kier alpha value is -1.62. The predicted octanol–water partition coefficient (Wildman–Crippen LogP) is 0.982. The molecular weight excluding hydrogens is 236 g/mol. The minimum atomic E-state index is -0.0111. The molecule has 0 aliphatic heterocycles. The van der Waals surface area contributed by atoms with Crippen LogP contribution in [0.5, 0.6) is 5.75 Å². The van der Waals surface area contributed by atoms with Gasteiger partial charge in [0, 0.05) is 7.05 Å². The Morgan fingerprint density at radius 3 is 2.47 bits per heavy atom. The highest BCUT2D eigenvalue weighted by Crippen LogP contribution is 2.12. The van der Waals surface area contributed by atoms with E-state index in [2.05, 4.69) is 0 Å². The highest BCUT2D eigenvalue weighted by atomic mass is 32.1. The van der Waals surface area contributed by atoms with Gasteiger partial charge in [-0.2, -0.15) is 0 Å². The van der Waals surface area contributed by atoms with Crippen molar-refractivity contribution in [1.29, 1.82) is 0 Å². The van der Waals surface area contributed by atoms with Gasteiger partial charge in [-0.3, -0.25) is 4.79 Å². The maximum Gasteiger partial charge on any atom is 0.227 e. The van der Waals surface area contributed by atoms with Crippen molar-refractivity contribution in [2.45, 2.75) is 6.42 Å². The van der Waals surface area contributed by atoms with Crippen LogP contribution in [-0.2, 0) is 11.2 Å². The number of benzene rings is 1. The second-order valence-electron chi connectivity index (χ2n) is 3.74. The molecule has 0 heterocycles. The lowest BCUT2D eigenvalue weighted by atomic mass is 10.1. The second kappa shape index (κ2) is 6.20. The fourth-order valence-corrected chi connectivity index (χ4v) is 1.57. The third-order valence-electron chi connectivity index (χ3n) is 2.33. The zero-order valence-corrected chi connectivity index (χ0v) is 10.8. The standard InChI is InChI=1S/C12H16N2O2S/c1-14(8-11(13)17)12(15)7-9-3-5-10(16-2)6-4-9/h3-6H,7-8H2,1-2H3,(H2,13,17). The number of likely N-dealkylation sites (N-methyl/N-ethyl adjacent to an activating group) is 1. The number of hydrogen-bond acceptors (Lipinski definition) is 3. The van der Waals surface area contributed by atoms with Gasteiger partial charge in [-0.15, -0.1) is 0 Å². The molecule has 0 bridgehead atoms. The van der Waals surface area contributed by atoms with Crippen LogP contribution in [0, 0.1) is 0 Å². The molecule has 0 spiro atoms. The lowest BCUT2D eigenvalue weighted by molar-refractivity contribution is -0.128. The monoisotopic (exact) mass is 252 g/mol. The normalized spacial score (nSPS) is 9.76. The molecule has 0 atom stereocenters. The number of nitrogens with zero attached hydrogens (tertiary/aromatic N) is 1. The summed E-state index contributed by atoms with van der Waals surface area (Å²) in [5, 5.41) is 0.